The van der Waals surface area contributed by atoms with Gasteiger partial charge in [-0.15, -0.1) is 0 Å². The molecule has 1 aliphatic heterocycles. The van der Waals surface area contributed by atoms with Gasteiger partial charge in [0.2, 0.25) is 0 Å². The van der Waals surface area contributed by atoms with Gasteiger partial charge in [0, 0.05) is 34.5 Å². The summed E-state index contributed by atoms with van der Waals surface area (Å²) in [6.45, 7) is 5.98. The Morgan fingerprint density at radius 1 is 0.854 bits per heavy atom. The minimum atomic E-state index is -0.638. The van der Waals surface area contributed by atoms with Crippen molar-refractivity contribution in [2.24, 2.45) is 5.41 Å². The van der Waals surface area contributed by atoms with Gasteiger partial charge < -0.3 is 19.7 Å². The van der Waals surface area contributed by atoms with Crippen LogP contribution in [0.2, 0.25) is 0 Å². The zero-order valence-corrected chi connectivity index (χ0v) is 23.8. The summed E-state index contributed by atoms with van der Waals surface area (Å²) < 4.78 is 11.2. The molecule has 0 saturated heterocycles. The number of carbonyl (C=O) groups excluding carboxylic acids is 3. The third-order valence-electron chi connectivity index (χ3n) is 8.22. The first-order chi connectivity index (χ1) is 19.6. The van der Waals surface area contributed by atoms with E-state index in [4.69, 9.17) is 9.47 Å². The maximum Gasteiger partial charge on any atom is 0.199 e. The van der Waals surface area contributed by atoms with Crippen LogP contribution in [0, 0.1) is 5.41 Å². The average molecular weight is 549 g/mol. The molecule has 0 aromatic heterocycles. The molecule has 1 atom stereocenters. The number of benzene rings is 3. The standard InChI is InChI=1S/C34H32N2O5/c1-19(29-32(38)21-10-6-7-11-22(21)33(29)39)36-25-13-9-8-12-23(25)35-24-17-34(2,3)18-26(37)30(24)31(36)20-14-15-27(40-4)28(16-20)41-5/h6-16,31,35H,17-18H2,1-5H3/t31-/m1/s1. The number of ketones is 3. The number of hydrogen-bond donors (Lipinski definition) is 1. The van der Waals surface area contributed by atoms with Crippen LogP contribution in [0.25, 0.3) is 0 Å². The molecule has 0 unspecified atom stereocenters. The lowest BCUT2D eigenvalue weighted by atomic mass is 9.73. The third kappa shape index (κ3) is 4.24. The Bertz CT molecular complexity index is 1660. The van der Waals surface area contributed by atoms with Crippen LogP contribution < -0.4 is 19.7 Å². The van der Waals surface area contributed by atoms with E-state index in [1.54, 1.807) is 45.4 Å². The third-order valence-corrected chi connectivity index (χ3v) is 8.22. The first-order valence-corrected chi connectivity index (χ1v) is 13.7. The summed E-state index contributed by atoms with van der Waals surface area (Å²) >= 11 is 0. The Morgan fingerprint density at radius 2 is 1.49 bits per heavy atom. The van der Waals surface area contributed by atoms with Crippen LogP contribution in [0.4, 0.5) is 11.4 Å². The van der Waals surface area contributed by atoms with Crippen molar-refractivity contribution in [3.63, 3.8) is 0 Å². The van der Waals surface area contributed by atoms with Crippen molar-refractivity contribution >= 4 is 28.7 Å². The minimum absolute atomic E-state index is 0.0199. The van der Waals surface area contributed by atoms with Crippen molar-refractivity contribution in [3.05, 3.63) is 106 Å². The summed E-state index contributed by atoms with van der Waals surface area (Å²) in [5.74, 6) is 0.480. The Morgan fingerprint density at radius 3 is 2.15 bits per heavy atom. The van der Waals surface area contributed by atoms with E-state index in [0.29, 0.717) is 46.7 Å². The molecule has 1 heterocycles. The second kappa shape index (κ2) is 9.77. The number of nitrogens with one attached hydrogen (secondary N) is 1. The minimum Gasteiger partial charge on any atom is -0.493 e. The number of anilines is 2. The number of ether oxygens (including phenoxy) is 2. The fourth-order valence-corrected chi connectivity index (χ4v) is 6.40. The van der Waals surface area contributed by atoms with Gasteiger partial charge in [0.15, 0.2) is 28.8 Å². The highest BCUT2D eigenvalue weighted by Crippen LogP contribution is 2.51. The molecule has 7 heteroatoms. The summed E-state index contributed by atoms with van der Waals surface area (Å²) in [7, 11) is 3.15. The Kier molecular flexibility index (Phi) is 6.33. The van der Waals surface area contributed by atoms with Gasteiger partial charge in [-0.05, 0) is 48.6 Å². The quantitative estimate of drug-likeness (QED) is 0.288. The molecule has 0 bridgehead atoms. The van der Waals surface area contributed by atoms with Crippen LogP contribution in [0.5, 0.6) is 11.5 Å². The van der Waals surface area contributed by atoms with Crippen molar-refractivity contribution < 1.29 is 23.9 Å². The van der Waals surface area contributed by atoms with Gasteiger partial charge in [-0.1, -0.05) is 56.3 Å². The SMILES string of the molecule is COc1ccc([C@@H]2C3=C(CC(C)(C)CC3=O)Nc3ccccc3N2C(C)=C2C(=O)c3ccccc3C2=O)cc1OC. The van der Waals surface area contributed by atoms with Gasteiger partial charge in [-0.2, -0.15) is 0 Å². The van der Waals surface area contributed by atoms with E-state index in [-0.39, 0.29) is 28.3 Å². The van der Waals surface area contributed by atoms with Gasteiger partial charge in [0.1, 0.15) is 0 Å². The number of rotatable bonds is 4. The molecule has 1 N–H and O–H groups in total. The molecular weight excluding hydrogens is 516 g/mol. The molecule has 41 heavy (non-hydrogen) atoms. The molecule has 6 rings (SSSR count). The summed E-state index contributed by atoms with van der Waals surface area (Å²) in [5.41, 5.74) is 4.93. The molecule has 3 aromatic carbocycles. The van der Waals surface area contributed by atoms with E-state index >= 15 is 0 Å². The van der Waals surface area contributed by atoms with Gasteiger partial charge in [0.25, 0.3) is 0 Å². The van der Waals surface area contributed by atoms with Crippen LogP contribution in [0.3, 0.4) is 0 Å². The largest absolute Gasteiger partial charge is 0.493 e. The summed E-state index contributed by atoms with van der Waals surface area (Å²) in [6.07, 6.45) is 1.04. The number of allylic oxidation sites excluding steroid dienone is 3. The number of hydrogen-bond acceptors (Lipinski definition) is 7. The number of para-hydroxylation sites is 2. The number of carbonyl (C=O) groups is 3. The van der Waals surface area contributed by atoms with E-state index in [9.17, 15) is 14.4 Å². The first kappa shape index (κ1) is 26.6. The topological polar surface area (TPSA) is 84.9 Å². The maximum absolute atomic E-state index is 14.1. The predicted octanol–water partition coefficient (Wildman–Crippen LogP) is 6.67. The van der Waals surface area contributed by atoms with E-state index < -0.39 is 6.04 Å². The molecular formula is C34H32N2O5. The molecule has 2 aliphatic carbocycles. The Balaban J connectivity index is 1.67. The van der Waals surface area contributed by atoms with Crippen molar-refractivity contribution in [2.45, 2.75) is 39.7 Å². The highest BCUT2D eigenvalue weighted by molar-refractivity contribution is 6.40. The van der Waals surface area contributed by atoms with Crippen molar-refractivity contribution in [2.75, 3.05) is 24.4 Å². The van der Waals surface area contributed by atoms with Gasteiger partial charge >= 0.3 is 0 Å². The van der Waals surface area contributed by atoms with Gasteiger partial charge in [-0.3, -0.25) is 14.4 Å². The number of Topliss-reactive ketones (excluding diaryl/α,β-unsaturated/α-hetero) is 3. The number of methoxy groups -OCH3 is 2. The molecule has 208 valence electrons. The normalized spacial score (nSPS) is 19.2. The van der Waals surface area contributed by atoms with Crippen LogP contribution >= 0.6 is 0 Å². The van der Waals surface area contributed by atoms with E-state index in [1.165, 1.54) is 0 Å². The number of nitrogens with zero attached hydrogens (tertiary/aromatic N) is 1. The summed E-state index contributed by atoms with van der Waals surface area (Å²) in [4.78, 5) is 43.5. The molecule has 3 aliphatic rings. The lowest BCUT2D eigenvalue weighted by Gasteiger charge is -2.39. The van der Waals surface area contributed by atoms with Crippen molar-refractivity contribution in [1.82, 2.24) is 0 Å². The second-order valence-electron chi connectivity index (χ2n) is 11.5. The van der Waals surface area contributed by atoms with Crippen LogP contribution in [0.15, 0.2) is 89.3 Å². The van der Waals surface area contributed by atoms with Crippen LogP contribution in [-0.2, 0) is 4.79 Å². The second-order valence-corrected chi connectivity index (χ2v) is 11.5. The van der Waals surface area contributed by atoms with Crippen LogP contribution in [0.1, 0.15) is 65.9 Å². The first-order valence-electron chi connectivity index (χ1n) is 13.7. The smallest absolute Gasteiger partial charge is 0.199 e. The predicted molar refractivity (Wildman–Crippen MR) is 158 cm³/mol. The Hall–Kier alpha value is -4.65. The van der Waals surface area contributed by atoms with Crippen molar-refractivity contribution in [3.8, 4) is 11.5 Å². The highest BCUT2D eigenvalue weighted by Gasteiger charge is 2.44. The van der Waals surface area contributed by atoms with E-state index in [1.807, 2.05) is 47.4 Å². The Labute approximate surface area is 239 Å². The molecule has 0 spiro atoms. The zero-order chi connectivity index (χ0) is 29.1. The lowest BCUT2D eigenvalue weighted by Crippen LogP contribution is -2.36. The van der Waals surface area contributed by atoms with E-state index in [0.717, 1.165) is 22.6 Å². The fourth-order valence-electron chi connectivity index (χ4n) is 6.40. The monoisotopic (exact) mass is 548 g/mol. The van der Waals surface area contributed by atoms with Gasteiger partial charge in [-0.25, -0.2) is 0 Å². The summed E-state index contributed by atoms with van der Waals surface area (Å²) in [6, 6.07) is 19.6. The fraction of sp³-hybridized carbons (Fsp3) is 0.265. The average Bonchev–Trinajstić information content (AvgIpc) is 3.11. The molecule has 3 aromatic rings. The molecule has 0 fully saturated rings. The molecule has 0 amide bonds. The summed E-state index contributed by atoms with van der Waals surface area (Å²) in [5, 5.41) is 3.58. The lowest BCUT2D eigenvalue weighted by molar-refractivity contribution is -0.118. The highest BCUT2D eigenvalue weighted by atomic mass is 16.5. The maximum atomic E-state index is 14.1. The zero-order valence-electron chi connectivity index (χ0n) is 23.8. The van der Waals surface area contributed by atoms with E-state index in [2.05, 4.69) is 19.2 Å². The molecule has 0 saturated carbocycles. The van der Waals surface area contributed by atoms with Gasteiger partial charge in [0.05, 0.1) is 37.2 Å². The van der Waals surface area contributed by atoms with Crippen LogP contribution in [-0.4, -0.2) is 31.6 Å². The number of fused-ring (bicyclic) bond motifs is 2. The van der Waals surface area contributed by atoms with Crippen molar-refractivity contribution in [1.29, 1.82) is 0 Å². The molecule has 0 radical (unpaired) electrons. The molecule has 7 nitrogen and oxygen atoms in total.